The van der Waals surface area contributed by atoms with Crippen LogP contribution < -0.4 is 4.74 Å². The quantitative estimate of drug-likeness (QED) is 0.724. The maximum atomic E-state index is 11.6. The van der Waals surface area contributed by atoms with Crippen molar-refractivity contribution < 1.29 is 9.53 Å². The van der Waals surface area contributed by atoms with E-state index in [0.29, 0.717) is 6.42 Å². The highest BCUT2D eigenvalue weighted by atomic mass is 32.2. The fourth-order valence-electron chi connectivity index (χ4n) is 2.08. The Kier molecular flexibility index (Phi) is 4.49. The minimum Gasteiger partial charge on any atom is -0.493 e. The van der Waals surface area contributed by atoms with Crippen LogP contribution in [0.1, 0.15) is 35.7 Å². The van der Waals surface area contributed by atoms with Crippen LogP contribution in [-0.2, 0) is 6.42 Å². The molecule has 0 saturated carbocycles. The number of hydrogen-bond acceptors (Lipinski definition) is 3. The van der Waals surface area contributed by atoms with E-state index in [1.165, 1.54) is 0 Å². The third-order valence-corrected chi connectivity index (χ3v) is 3.92. The summed E-state index contributed by atoms with van der Waals surface area (Å²) in [5.41, 5.74) is 1.98. The first-order valence-corrected chi connectivity index (χ1v) is 7.34. The third-order valence-electron chi connectivity index (χ3n) is 2.93. The van der Waals surface area contributed by atoms with Crippen molar-refractivity contribution in [2.75, 3.05) is 18.1 Å². The van der Waals surface area contributed by atoms with Gasteiger partial charge in [0, 0.05) is 17.5 Å². The van der Waals surface area contributed by atoms with Crippen molar-refractivity contribution in [3.8, 4) is 5.75 Å². The van der Waals surface area contributed by atoms with Crippen LogP contribution in [0.3, 0.4) is 0 Å². The molecule has 0 saturated heterocycles. The monoisotopic (exact) mass is 250 g/mol. The second-order valence-electron chi connectivity index (χ2n) is 4.10. The fraction of sp³-hybridized carbons (Fsp3) is 0.500. The maximum Gasteiger partial charge on any atom is 0.163 e. The van der Waals surface area contributed by atoms with Crippen molar-refractivity contribution in [2.24, 2.45) is 0 Å². The van der Waals surface area contributed by atoms with Gasteiger partial charge in [-0.1, -0.05) is 19.1 Å². The Morgan fingerprint density at radius 3 is 3.06 bits per heavy atom. The van der Waals surface area contributed by atoms with E-state index in [4.69, 9.17) is 4.74 Å². The molecule has 1 aromatic rings. The molecule has 1 aliphatic rings. The van der Waals surface area contributed by atoms with Gasteiger partial charge in [0.25, 0.3) is 0 Å². The van der Waals surface area contributed by atoms with Gasteiger partial charge in [-0.3, -0.25) is 4.79 Å². The molecule has 0 unspecified atom stereocenters. The topological polar surface area (TPSA) is 26.3 Å². The van der Waals surface area contributed by atoms with Gasteiger partial charge in [-0.05, 0) is 30.4 Å². The summed E-state index contributed by atoms with van der Waals surface area (Å²) in [6.45, 7) is 2.92. The van der Waals surface area contributed by atoms with Crippen LogP contribution in [0.15, 0.2) is 18.2 Å². The zero-order chi connectivity index (χ0) is 12.1. The number of benzene rings is 1. The van der Waals surface area contributed by atoms with Crippen LogP contribution in [0, 0.1) is 0 Å². The predicted molar refractivity (Wildman–Crippen MR) is 72.2 cm³/mol. The zero-order valence-corrected chi connectivity index (χ0v) is 11.0. The van der Waals surface area contributed by atoms with Crippen LogP contribution >= 0.6 is 11.8 Å². The van der Waals surface area contributed by atoms with Crippen molar-refractivity contribution in [3.05, 3.63) is 29.3 Å². The van der Waals surface area contributed by atoms with Crippen LogP contribution in [0.4, 0.5) is 0 Å². The van der Waals surface area contributed by atoms with E-state index in [1.807, 2.05) is 30.0 Å². The lowest BCUT2D eigenvalue weighted by Gasteiger charge is -2.09. The Morgan fingerprint density at radius 2 is 2.24 bits per heavy atom. The molecule has 0 bridgehead atoms. The molecule has 2 nitrogen and oxygen atoms in total. The molecule has 0 heterocycles. The first-order chi connectivity index (χ1) is 8.33. The average molecular weight is 250 g/mol. The largest absolute Gasteiger partial charge is 0.493 e. The van der Waals surface area contributed by atoms with Crippen molar-refractivity contribution >= 4 is 17.5 Å². The molecule has 0 fully saturated rings. The molecule has 1 aliphatic carbocycles. The standard InChI is InChI=1S/C14H18O2S/c1-2-17-10-4-9-16-14-6-3-5-11-12(14)7-8-13(11)15/h3,5-6H,2,4,7-10H2,1H3. The molecule has 0 aromatic heterocycles. The molecule has 0 spiro atoms. The van der Waals surface area contributed by atoms with E-state index in [-0.39, 0.29) is 5.78 Å². The lowest BCUT2D eigenvalue weighted by Crippen LogP contribution is -2.01. The van der Waals surface area contributed by atoms with Gasteiger partial charge in [-0.15, -0.1) is 0 Å². The van der Waals surface area contributed by atoms with Gasteiger partial charge >= 0.3 is 0 Å². The van der Waals surface area contributed by atoms with E-state index in [2.05, 4.69) is 6.92 Å². The van der Waals surface area contributed by atoms with Crippen LogP contribution in [0.2, 0.25) is 0 Å². The number of carbonyl (C=O) groups is 1. The molecule has 0 N–H and O–H groups in total. The number of hydrogen-bond donors (Lipinski definition) is 0. The molecule has 0 atom stereocenters. The van der Waals surface area contributed by atoms with Gasteiger partial charge in [-0.25, -0.2) is 0 Å². The van der Waals surface area contributed by atoms with Crippen molar-refractivity contribution in [1.82, 2.24) is 0 Å². The Bertz CT molecular complexity index is 401. The summed E-state index contributed by atoms with van der Waals surface area (Å²) in [4.78, 5) is 11.6. The molecule has 17 heavy (non-hydrogen) atoms. The molecule has 3 heteroatoms. The Balaban J connectivity index is 1.91. The van der Waals surface area contributed by atoms with E-state index in [1.54, 1.807) is 0 Å². The molecule has 92 valence electrons. The first-order valence-electron chi connectivity index (χ1n) is 6.18. The van der Waals surface area contributed by atoms with Crippen molar-refractivity contribution in [1.29, 1.82) is 0 Å². The summed E-state index contributed by atoms with van der Waals surface area (Å²) in [5, 5.41) is 0. The molecule has 0 radical (unpaired) electrons. The zero-order valence-electron chi connectivity index (χ0n) is 10.2. The average Bonchev–Trinajstić information content (AvgIpc) is 2.72. The van der Waals surface area contributed by atoms with Gasteiger partial charge in [-0.2, -0.15) is 11.8 Å². The second-order valence-corrected chi connectivity index (χ2v) is 5.50. The number of ketones is 1. The number of fused-ring (bicyclic) bond motifs is 1. The van der Waals surface area contributed by atoms with E-state index >= 15 is 0 Å². The van der Waals surface area contributed by atoms with Gasteiger partial charge < -0.3 is 4.74 Å². The Morgan fingerprint density at radius 1 is 1.35 bits per heavy atom. The lowest BCUT2D eigenvalue weighted by molar-refractivity contribution is 0.0994. The van der Waals surface area contributed by atoms with Gasteiger partial charge in [0.15, 0.2) is 5.78 Å². The lowest BCUT2D eigenvalue weighted by atomic mass is 10.1. The van der Waals surface area contributed by atoms with Crippen molar-refractivity contribution in [3.63, 3.8) is 0 Å². The normalized spacial score (nSPS) is 13.8. The number of carbonyl (C=O) groups excluding carboxylic acids is 1. The van der Waals surface area contributed by atoms with Crippen molar-refractivity contribution in [2.45, 2.75) is 26.2 Å². The highest BCUT2D eigenvalue weighted by molar-refractivity contribution is 7.99. The van der Waals surface area contributed by atoms with E-state index in [0.717, 1.165) is 47.8 Å². The number of thioether (sulfide) groups is 1. The highest BCUT2D eigenvalue weighted by Crippen LogP contribution is 2.30. The summed E-state index contributed by atoms with van der Waals surface area (Å²) < 4.78 is 5.78. The molecule has 0 aliphatic heterocycles. The second kappa shape index (κ2) is 6.10. The Labute approximate surface area is 107 Å². The molecule has 1 aromatic carbocycles. The summed E-state index contributed by atoms with van der Waals surface area (Å²) in [6, 6.07) is 5.80. The van der Waals surface area contributed by atoms with Crippen LogP contribution in [-0.4, -0.2) is 23.9 Å². The fourth-order valence-corrected chi connectivity index (χ4v) is 2.69. The smallest absolute Gasteiger partial charge is 0.163 e. The van der Waals surface area contributed by atoms with Crippen LogP contribution in [0.5, 0.6) is 5.75 Å². The van der Waals surface area contributed by atoms with Gasteiger partial charge in [0.1, 0.15) is 5.75 Å². The molecular weight excluding hydrogens is 232 g/mol. The minimum absolute atomic E-state index is 0.256. The molecule has 0 amide bonds. The third kappa shape index (κ3) is 3.03. The maximum absolute atomic E-state index is 11.6. The van der Waals surface area contributed by atoms with Gasteiger partial charge in [0.05, 0.1) is 6.61 Å². The molecule has 2 rings (SSSR count). The predicted octanol–water partition coefficient (Wildman–Crippen LogP) is 3.34. The number of Topliss-reactive ketones (excluding diaryl/α,β-unsaturated/α-hetero) is 1. The molecular formula is C14H18O2S. The number of rotatable bonds is 6. The summed E-state index contributed by atoms with van der Waals surface area (Å²) in [5.74, 6) is 3.47. The Hall–Kier alpha value is -0.960. The summed E-state index contributed by atoms with van der Waals surface area (Å²) >= 11 is 1.93. The summed E-state index contributed by atoms with van der Waals surface area (Å²) in [7, 11) is 0. The highest BCUT2D eigenvalue weighted by Gasteiger charge is 2.22. The SMILES string of the molecule is CCSCCCOc1cccc2c1CCC2=O. The van der Waals surface area contributed by atoms with Gasteiger partial charge in [0.2, 0.25) is 0 Å². The number of ether oxygens (including phenoxy) is 1. The first kappa shape index (κ1) is 12.5. The minimum atomic E-state index is 0.256. The van der Waals surface area contributed by atoms with Crippen LogP contribution in [0.25, 0.3) is 0 Å². The van der Waals surface area contributed by atoms with E-state index < -0.39 is 0 Å². The summed E-state index contributed by atoms with van der Waals surface area (Å²) in [6.07, 6.45) is 2.55. The van der Waals surface area contributed by atoms with E-state index in [9.17, 15) is 4.79 Å².